The lowest BCUT2D eigenvalue weighted by atomic mass is 10.4. The molecule has 0 atom stereocenters. The summed E-state index contributed by atoms with van der Waals surface area (Å²) in [5.41, 5.74) is 0. The molecule has 0 unspecified atom stereocenters. The Morgan fingerprint density at radius 1 is 1.11 bits per heavy atom. The Hall–Kier alpha value is -0.0800. The fourth-order valence-corrected chi connectivity index (χ4v) is 1.10. The summed E-state index contributed by atoms with van der Waals surface area (Å²) < 4.78 is 0. The Balaban J connectivity index is 2.25. The second-order valence-corrected chi connectivity index (χ2v) is 2.77. The highest BCUT2D eigenvalue weighted by molar-refractivity contribution is 4.65. The van der Waals surface area contributed by atoms with E-state index in [9.17, 15) is 0 Å². The summed E-state index contributed by atoms with van der Waals surface area (Å²) in [7, 11) is 6.06. The Morgan fingerprint density at radius 3 is 2.67 bits per heavy atom. The van der Waals surface area contributed by atoms with Gasteiger partial charge in [0.05, 0.1) is 0 Å². The smallest absolute Gasteiger partial charge is 0.0110 e. The Labute approximate surface area is 57.4 Å². The van der Waals surface area contributed by atoms with Gasteiger partial charge in [-0.15, -0.1) is 0 Å². The molecule has 0 aromatic rings. The molecule has 1 heterocycles. The lowest BCUT2D eigenvalue weighted by Crippen LogP contribution is -2.24. The first-order valence-corrected chi connectivity index (χ1v) is 3.53. The molecule has 1 aliphatic heterocycles. The Bertz CT molecular complexity index is 73.0. The van der Waals surface area contributed by atoms with Gasteiger partial charge in [-0.1, -0.05) is 0 Å². The van der Waals surface area contributed by atoms with E-state index in [0.29, 0.717) is 0 Å². The predicted octanol–water partition coefficient (Wildman–Crippen LogP) is 0.415. The van der Waals surface area contributed by atoms with Crippen molar-refractivity contribution in [2.24, 2.45) is 0 Å². The van der Waals surface area contributed by atoms with E-state index in [-0.39, 0.29) is 0 Å². The molecule has 0 aromatic carbocycles. The first kappa shape index (κ1) is 7.03. The van der Waals surface area contributed by atoms with E-state index in [0.717, 1.165) is 13.1 Å². The molecule has 9 heavy (non-hydrogen) atoms. The molecule has 1 radical (unpaired) electrons. The van der Waals surface area contributed by atoms with Crippen molar-refractivity contribution in [2.45, 2.75) is 6.42 Å². The average Bonchev–Trinajstić information content (AvgIpc) is 1.97. The van der Waals surface area contributed by atoms with Gasteiger partial charge in [-0.2, -0.15) is 0 Å². The molecule has 0 amide bonds. The molecule has 1 saturated heterocycles. The second-order valence-electron chi connectivity index (χ2n) is 2.77. The first-order chi connectivity index (χ1) is 4.29. The zero-order valence-corrected chi connectivity index (χ0v) is 6.14. The van der Waals surface area contributed by atoms with Crippen LogP contribution in [0.4, 0.5) is 0 Å². The zero-order chi connectivity index (χ0) is 6.69. The Morgan fingerprint density at radius 2 is 1.89 bits per heavy atom. The SMILES string of the molecule is [CH2]N1CCCN(C)CC1. The molecule has 0 saturated carbocycles. The first-order valence-electron chi connectivity index (χ1n) is 3.53. The zero-order valence-electron chi connectivity index (χ0n) is 6.14. The highest BCUT2D eigenvalue weighted by Crippen LogP contribution is 1.97. The maximum Gasteiger partial charge on any atom is 0.0110 e. The van der Waals surface area contributed by atoms with Gasteiger partial charge < -0.3 is 9.80 Å². The summed E-state index contributed by atoms with van der Waals surface area (Å²) in [5.74, 6) is 0. The van der Waals surface area contributed by atoms with E-state index >= 15 is 0 Å². The maximum absolute atomic E-state index is 3.90. The fourth-order valence-electron chi connectivity index (χ4n) is 1.10. The molecular weight excluding hydrogens is 112 g/mol. The van der Waals surface area contributed by atoms with Crippen molar-refractivity contribution in [1.82, 2.24) is 9.80 Å². The molecule has 1 rings (SSSR count). The monoisotopic (exact) mass is 127 g/mol. The van der Waals surface area contributed by atoms with Gasteiger partial charge in [-0.05, 0) is 26.6 Å². The van der Waals surface area contributed by atoms with E-state index in [1.807, 2.05) is 0 Å². The van der Waals surface area contributed by atoms with E-state index in [4.69, 9.17) is 0 Å². The van der Waals surface area contributed by atoms with Gasteiger partial charge in [0.2, 0.25) is 0 Å². The van der Waals surface area contributed by atoms with Crippen LogP contribution in [0.15, 0.2) is 0 Å². The van der Waals surface area contributed by atoms with Crippen molar-refractivity contribution < 1.29 is 0 Å². The summed E-state index contributed by atoms with van der Waals surface area (Å²) in [6.45, 7) is 4.68. The van der Waals surface area contributed by atoms with Gasteiger partial charge in [-0.3, -0.25) is 0 Å². The van der Waals surface area contributed by atoms with Crippen LogP contribution >= 0.6 is 0 Å². The van der Waals surface area contributed by atoms with Gasteiger partial charge in [0.15, 0.2) is 0 Å². The maximum atomic E-state index is 3.90. The van der Waals surface area contributed by atoms with E-state index in [1.54, 1.807) is 0 Å². The minimum atomic E-state index is 1.12. The lowest BCUT2D eigenvalue weighted by Gasteiger charge is -2.12. The van der Waals surface area contributed by atoms with Crippen LogP contribution in [0.1, 0.15) is 6.42 Å². The van der Waals surface area contributed by atoms with E-state index in [1.165, 1.54) is 19.5 Å². The highest BCUT2D eigenvalue weighted by atomic mass is 15.2. The van der Waals surface area contributed by atoms with Crippen LogP contribution in [0.25, 0.3) is 0 Å². The second kappa shape index (κ2) is 3.18. The molecular formula is C7H15N2. The average molecular weight is 127 g/mol. The number of rotatable bonds is 0. The summed E-state index contributed by atoms with van der Waals surface area (Å²) in [4.78, 5) is 4.49. The largest absolute Gasteiger partial charge is 0.305 e. The van der Waals surface area contributed by atoms with Gasteiger partial charge in [0, 0.05) is 20.1 Å². The quantitative estimate of drug-likeness (QED) is 0.465. The van der Waals surface area contributed by atoms with Crippen molar-refractivity contribution in [1.29, 1.82) is 0 Å². The van der Waals surface area contributed by atoms with Gasteiger partial charge in [-0.25, -0.2) is 0 Å². The normalized spacial score (nSPS) is 26.0. The predicted molar refractivity (Wildman–Crippen MR) is 39.0 cm³/mol. The van der Waals surface area contributed by atoms with Crippen LogP contribution in [-0.4, -0.2) is 43.0 Å². The van der Waals surface area contributed by atoms with Gasteiger partial charge in [0.1, 0.15) is 0 Å². The molecule has 0 spiro atoms. The van der Waals surface area contributed by atoms with E-state index < -0.39 is 0 Å². The van der Waals surface area contributed by atoms with Gasteiger partial charge >= 0.3 is 0 Å². The number of hydrogen-bond donors (Lipinski definition) is 0. The molecule has 53 valence electrons. The topological polar surface area (TPSA) is 6.48 Å². The molecule has 2 heteroatoms. The number of hydrogen-bond acceptors (Lipinski definition) is 2. The van der Waals surface area contributed by atoms with Crippen LogP contribution in [0.2, 0.25) is 0 Å². The standard InChI is InChI=1S/C7H15N2/c1-8-4-3-5-9(2)7-6-8/h1,3-7H2,2H3. The third kappa shape index (κ3) is 2.33. The number of nitrogens with zero attached hydrogens (tertiary/aromatic N) is 2. The molecule has 0 N–H and O–H groups in total. The molecule has 2 nitrogen and oxygen atoms in total. The van der Waals surface area contributed by atoms with Crippen molar-refractivity contribution in [3.63, 3.8) is 0 Å². The van der Waals surface area contributed by atoms with Crippen molar-refractivity contribution >= 4 is 0 Å². The summed E-state index contributed by atoms with van der Waals surface area (Å²) in [6.07, 6.45) is 1.26. The van der Waals surface area contributed by atoms with Gasteiger partial charge in [0.25, 0.3) is 0 Å². The lowest BCUT2D eigenvalue weighted by molar-refractivity contribution is 0.335. The van der Waals surface area contributed by atoms with Crippen molar-refractivity contribution in [3.8, 4) is 0 Å². The van der Waals surface area contributed by atoms with Crippen LogP contribution in [0, 0.1) is 7.05 Å². The third-order valence-electron chi connectivity index (χ3n) is 1.81. The van der Waals surface area contributed by atoms with Crippen LogP contribution in [0.5, 0.6) is 0 Å². The minimum absolute atomic E-state index is 1.12. The van der Waals surface area contributed by atoms with E-state index in [2.05, 4.69) is 23.9 Å². The fraction of sp³-hybridized carbons (Fsp3) is 0.857. The highest BCUT2D eigenvalue weighted by Gasteiger charge is 2.06. The Kier molecular flexibility index (Phi) is 2.49. The number of likely N-dealkylation sites (N-methyl/N-ethyl adjacent to an activating group) is 1. The molecule has 1 aliphatic rings. The third-order valence-corrected chi connectivity index (χ3v) is 1.81. The molecule has 0 aromatic heterocycles. The summed E-state index contributed by atoms with van der Waals surface area (Å²) in [5, 5.41) is 0. The van der Waals surface area contributed by atoms with Crippen molar-refractivity contribution in [3.05, 3.63) is 7.05 Å². The van der Waals surface area contributed by atoms with Crippen LogP contribution in [0.3, 0.4) is 0 Å². The molecule has 0 bridgehead atoms. The van der Waals surface area contributed by atoms with Crippen molar-refractivity contribution in [2.75, 3.05) is 33.2 Å². The van der Waals surface area contributed by atoms with Crippen LogP contribution < -0.4 is 0 Å². The summed E-state index contributed by atoms with van der Waals surface area (Å²) in [6, 6.07) is 0. The molecule has 0 aliphatic carbocycles. The molecule has 1 fully saturated rings. The summed E-state index contributed by atoms with van der Waals surface area (Å²) >= 11 is 0. The van der Waals surface area contributed by atoms with Crippen LogP contribution in [-0.2, 0) is 0 Å². The minimum Gasteiger partial charge on any atom is -0.305 e.